The van der Waals surface area contributed by atoms with E-state index in [9.17, 15) is 4.79 Å². The average molecular weight is 360 g/mol. The largest absolute Gasteiger partial charge is 0.465 e. The molecule has 0 aliphatic carbocycles. The van der Waals surface area contributed by atoms with Gasteiger partial charge in [0.05, 0.1) is 18.2 Å². The standard InChI is InChI=1S/C21H16N2O4/c1-25-21(24)14-9-16-15-4-2-3-5-17(15)23(20(16)22-10-14)11-13-6-7-18-19(8-13)27-12-26-18/h2-10H,11-12H2,1H3. The van der Waals surface area contributed by atoms with Gasteiger partial charge in [0.1, 0.15) is 5.65 Å². The van der Waals surface area contributed by atoms with Crippen molar-refractivity contribution < 1.29 is 19.0 Å². The van der Waals surface area contributed by atoms with Crippen LogP contribution in [-0.2, 0) is 11.3 Å². The van der Waals surface area contributed by atoms with Gasteiger partial charge in [-0.3, -0.25) is 0 Å². The number of methoxy groups -OCH3 is 1. The summed E-state index contributed by atoms with van der Waals surface area (Å²) in [5.41, 5.74) is 3.40. The Balaban J connectivity index is 1.67. The van der Waals surface area contributed by atoms with Crippen LogP contribution in [0.25, 0.3) is 21.9 Å². The predicted molar refractivity (Wildman–Crippen MR) is 100 cm³/mol. The summed E-state index contributed by atoms with van der Waals surface area (Å²) in [6.45, 7) is 0.886. The van der Waals surface area contributed by atoms with E-state index in [1.807, 2.05) is 42.5 Å². The average Bonchev–Trinajstić information content (AvgIpc) is 3.30. The first-order valence-electron chi connectivity index (χ1n) is 8.58. The van der Waals surface area contributed by atoms with Gasteiger partial charge < -0.3 is 18.8 Å². The maximum atomic E-state index is 11.9. The fraction of sp³-hybridized carbons (Fsp3) is 0.143. The number of pyridine rings is 1. The Hall–Kier alpha value is -3.54. The van der Waals surface area contributed by atoms with E-state index in [-0.39, 0.29) is 6.79 Å². The molecule has 0 amide bonds. The van der Waals surface area contributed by atoms with Gasteiger partial charge in [-0.2, -0.15) is 0 Å². The quantitative estimate of drug-likeness (QED) is 0.521. The first-order valence-corrected chi connectivity index (χ1v) is 8.58. The van der Waals surface area contributed by atoms with E-state index < -0.39 is 5.97 Å². The molecule has 0 spiro atoms. The van der Waals surface area contributed by atoms with Crippen molar-refractivity contribution in [2.75, 3.05) is 13.9 Å². The normalized spacial score (nSPS) is 12.6. The molecule has 0 N–H and O–H groups in total. The number of esters is 1. The smallest absolute Gasteiger partial charge is 0.339 e. The first-order chi connectivity index (χ1) is 13.2. The third kappa shape index (κ3) is 2.49. The zero-order valence-electron chi connectivity index (χ0n) is 14.6. The fourth-order valence-electron chi connectivity index (χ4n) is 3.53. The highest BCUT2D eigenvalue weighted by atomic mass is 16.7. The number of carbonyl (C=O) groups is 1. The second-order valence-corrected chi connectivity index (χ2v) is 6.38. The summed E-state index contributed by atoms with van der Waals surface area (Å²) in [5, 5.41) is 1.97. The number of fused-ring (bicyclic) bond motifs is 4. The van der Waals surface area contributed by atoms with E-state index in [2.05, 4.69) is 15.6 Å². The molecule has 2 aromatic carbocycles. The topological polar surface area (TPSA) is 62.6 Å². The van der Waals surface area contributed by atoms with Crippen molar-refractivity contribution in [3.63, 3.8) is 0 Å². The molecule has 1 aliphatic heterocycles. The van der Waals surface area contributed by atoms with Crippen molar-refractivity contribution in [2.45, 2.75) is 6.54 Å². The zero-order valence-corrected chi connectivity index (χ0v) is 14.6. The van der Waals surface area contributed by atoms with E-state index in [4.69, 9.17) is 14.2 Å². The number of ether oxygens (including phenoxy) is 3. The lowest BCUT2D eigenvalue weighted by Crippen LogP contribution is -2.03. The van der Waals surface area contributed by atoms with Crippen LogP contribution in [0.4, 0.5) is 0 Å². The highest BCUT2D eigenvalue weighted by molar-refractivity contribution is 6.08. The molecule has 0 atom stereocenters. The van der Waals surface area contributed by atoms with Crippen molar-refractivity contribution in [3.8, 4) is 11.5 Å². The third-order valence-electron chi connectivity index (χ3n) is 4.81. The highest BCUT2D eigenvalue weighted by Gasteiger charge is 2.17. The molecular weight excluding hydrogens is 344 g/mol. The molecule has 6 heteroatoms. The lowest BCUT2D eigenvalue weighted by atomic mass is 10.1. The number of rotatable bonds is 3. The van der Waals surface area contributed by atoms with Crippen LogP contribution in [0.3, 0.4) is 0 Å². The molecule has 0 saturated carbocycles. The van der Waals surface area contributed by atoms with Crippen LogP contribution in [0, 0.1) is 0 Å². The Morgan fingerprint density at radius 1 is 1.11 bits per heavy atom. The Labute approximate surface area is 154 Å². The van der Waals surface area contributed by atoms with Gasteiger partial charge in [0.2, 0.25) is 6.79 Å². The zero-order chi connectivity index (χ0) is 18.4. The van der Waals surface area contributed by atoms with Crippen LogP contribution < -0.4 is 9.47 Å². The minimum absolute atomic E-state index is 0.256. The molecule has 4 aromatic rings. The first kappa shape index (κ1) is 15.7. The Kier molecular flexibility index (Phi) is 3.50. The minimum Gasteiger partial charge on any atom is -0.465 e. The summed E-state index contributed by atoms with van der Waals surface area (Å²) >= 11 is 0. The lowest BCUT2D eigenvalue weighted by Gasteiger charge is -2.08. The third-order valence-corrected chi connectivity index (χ3v) is 4.81. The molecule has 6 nitrogen and oxygen atoms in total. The molecule has 0 unspecified atom stereocenters. The predicted octanol–water partition coefficient (Wildman–Crippen LogP) is 3.75. The lowest BCUT2D eigenvalue weighted by molar-refractivity contribution is 0.0600. The maximum absolute atomic E-state index is 11.9. The molecule has 134 valence electrons. The van der Waals surface area contributed by atoms with Crippen molar-refractivity contribution in [3.05, 3.63) is 65.9 Å². The van der Waals surface area contributed by atoms with Crippen LogP contribution in [0.1, 0.15) is 15.9 Å². The molecule has 0 saturated heterocycles. The Morgan fingerprint density at radius 2 is 1.96 bits per heavy atom. The van der Waals surface area contributed by atoms with Crippen molar-refractivity contribution in [2.24, 2.45) is 0 Å². The summed E-state index contributed by atoms with van der Waals surface area (Å²) in [6, 6.07) is 15.9. The Morgan fingerprint density at radius 3 is 2.85 bits per heavy atom. The second-order valence-electron chi connectivity index (χ2n) is 6.38. The van der Waals surface area contributed by atoms with Gasteiger partial charge in [0, 0.05) is 23.5 Å². The number of carbonyl (C=O) groups excluding carboxylic acids is 1. The number of aromatic nitrogens is 2. The number of nitrogens with zero attached hydrogens (tertiary/aromatic N) is 2. The summed E-state index contributed by atoms with van der Waals surface area (Å²) in [6.07, 6.45) is 1.56. The van der Waals surface area contributed by atoms with Gasteiger partial charge in [-0.05, 0) is 29.8 Å². The van der Waals surface area contributed by atoms with Crippen LogP contribution in [0.5, 0.6) is 11.5 Å². The van der Waals surface area contributed by atoms with Gasteiger partial charge >= 0.3 is 5.97 Å². The summed E-state index contributed by atoms with van der Waals surface area (Å²) in [5.74, 6) is 1.13. The number of para-hydroxylation sites is 1. The van der Waals surface area contributed by atoms with Crippen LogP contribution in [0.15, 0.2) is 54.7 Å². The SMILES string of the molecule is COC(=O)c1cnc2c(c1)c1ccccc1n2Cc1ccc2c(c1)OCO2. The molecule has 5 rings (SSSR count). The van der Waals surface area contributed by atoms with Crippen molar-refractivity contribution in [1.82, 2.24) is 9.55 Å². The minimum atomic E-state index is -0.392. The van der Waals surface area contributed by atoms with Crippen LogP contribution >= 0.6 is 0 Å². The Bertz CT molecular complexity index is 1200. The highest BCUT2D eigenvalue weighted by Crippen LogP contribution is 2.34. The second kappa shape index (κ2) is 6.02. The van der Waals surface area contributed by atoms with Crippen molar-refractivity contribution >= 4 is 27.9 Å². The molecule has 27 heavy (non-hydrogen) atoms. The number of hydrogen-bond acceptors (Lipinski definition) is 5. The molecule has 3 heterocycles. The van der Waals surface area contributed by atoms with Crippen LogP contribution in [-0.4, -0.2) is 29.4 Å². The number of benzene rings is 2. The van der Waals surface area contributed by atoms with Gasteiger partial charge in [0.25, 0.3) is 0 Å². The maximum Gasteiger partial charge on any atom is 0.339 e. The fourth-order valence-corrected chi connectivity index (χ4v) is 3.53. The molecule has 1 aliphatic rings. The summed E-state index contributed by atoms with van der Waals surface area (Å²) < 4.78 is 17.9. The molecule has 2 aromatic heterocycles. The summed E-state index contributed by atoms with van der Waals surface area (Å²) in [7, 11) is 1.37. The van der Waals surface area contributed by atoms with E-state index in [0.717, 1.165) is 39.0 Å². The van der Waals surface area contributed by atoms with E-state index in [0.29, 0.717) is 12.1 Å². The molecule has 0 bridgehead atoms. The summed E-state index contributed by atoms with van der Waals surface area (Å²) in [4.78, 5) is 16.5. The molecular formula is C21H16N2O4. The van der Waals surface area contributed by atoms with E-state index in [1.165, 1.54) is 7.11 Å². The van der Waals surface area contributed by atoms with Crippen molar-refractivity contribution in [1.29, 1.82) is 0 Å². The van der Waals surface area contributed by atoms with Crippen LogP contribution in [0.2, 0.25) is 0 Å². The molecule has 0 fully saturated rings. The van der Waals surface area contributed by atoms with E-state index >= 15 is 0 Å². The van der Waals surface area contributed by atoms with Gasteiger partial charge in [-0.15, -0.1) is 0 Å². The van der Waals surface area contributed by atoms with E-state index in [1.54, 1.807) is 6.20 Å². The molecule has 0 radical (unpaired) electrons. The number of hydrogen-bond donors (Lipinski definition) is 0. The van der Waals surface area contributed by atoms with Gasteiger partial charge in [0.15, 0.2) is 11.5 Å². The van der Waals surface area contributed by atoms with Gasteiger partial charge in [-0.25, -0.2) is 9.78 Å². The van der Waals surface area contributed by atoms with Gasteiger partial charge in [-0.1, -0.05) is 24.3 Å². The monoisotopic (exact) mass is 360 g/mol.